The maximum atomic E-state index is 11.7. The summed E-state index contributed by atoms with van der Waals surface area (Å²) in [7, 11) is -0.980. The Morgan fingerprint density at radius 1 is 1.53 bits per heavy atom. The summed E-state index contributed by atoms with van der Waals surface area (Å²) in [4.78, 5) is 3.49. The summed E-state index contributed by atoms with van der Waals surface area (Å²) in [5, 5.41) is 3.40. The van der Waals surface area contributed by atoms with Gasteiger partial charge in [0.05, 0.1) is 10.8 Å². The molecule has 1 unspecified atom stereocenters. The van der Waals surface area contributed by atoms with Crippen LogP contribution < -0.4 is 0 Å². The highest BCUT2D eigenvalue weighted by Gasteiger charge is 2.02. The van der Waals surface area contributed by atoms with Crippen molar-refractivity contribution in [1.82, 2.24) is 0 Å². The maximum Gasteiger partial charge on any atom is 0.0529 e. The third kappa shape index (κ3) is 4.14. The predicted octanol–water partition coefficient (Wildman–Crippen LogP) is 2.80. The van der Waals surface area contributed by atoms with Crippen LogP contribution in [0.1, 0.15) is 12.0 Å². The SMILES string of the molecule is Cc1cccc(S(=O)CCCN=[N+]=[N-])c1. The normalized spacial score (nSPS) is 11.8. The van der Waals surface area contributed by atoms with Gasteiger partial charge in [0.2, 0.25) is 0 Å². The lowest BCUT2D eigenvalue weighted by Gasteiger charge is -2.01. The van der Waals surface area contributed by atoms with Crippen LogP contribution in [0.3, 0.4) is 0 Å². The van der Waals surface area contributed by atoms with Crippen molar-refractivity contribution in [2.75, 3.05) is 12.3 Å². The van der Waals surface area contributed by atoms with Crippen molar-refractivity contribution in [2.24, 2.45) is 5.11 Å². The van der Waals surface area contributed by atoms with Crippen LogP contribution in [-0.2, 0) is 10.8 Å². The molecule has 0 N–H and O–H groups in total. The van der Waals surface area contributed by atoms with E-state index in [4.69, 9.17) is 5.53 Å². The third-order valence-corrected chi connectivity index (χ3v) is 3.34. The van der Waals surface area contributed by atoms with Gasteiger partial charge in [-0.05, 0) is 36.6 Å². The highest BCUT2D eigenvalue weighted by Crippen LogP contribution is 2.09. The zero-order chi connectivity index (χ0) is 11.1. The largest absolute Gasteiger partial charge is 0.254 e. The second-order valence-electron chi connectivity index (χ2n) is 3.17. The van der Waals surface area contributed by atoms with E-state index in [0.717, 1.165) is 10.5 Å². The van der Waals surface area contributed by atoms with Crippen molar-refractivity contribution >= 4 is 10.8 Å². The molecule has 0 saturated carbocycles. The first-order valence-electron chi connectivity index (χ1n) is 4.70. The lowest BCUT2D eigenvalue weighted by molar-refractivity contribution is 0.680. The molecule has 0 amide bonds. The Kier molecular flexibility index (Phi) is 4.87. The minimum absolute atomic E-state index is 0.411. The van der Waals surface area contributed by atoms with Crippen LogP contribution in [0.25, 0.3) is 10.4 Å². The fourth-order valence-electron chi connectivity index (χ4n) is 1.19. The summed E-state index contributed by atoms with van der Waals surface area (Å²) in [6.07, 6.45) is 0.657. The molecule has 0 saturated heterocycles. The van der Waals surface area contributed by atoms with Gasteiger partial charge in [0.1, 0.15) is 0 Å². The number of aryl methyl sites for hydroxylation is 1. The van der Waals surface area contributed by atoms with E-state index < -0.39 is 10.8 Å². The second-order valence-corrected chi connectivity index (χ2v) is 4.74. The summed E-state index contributed by atoms with van der Waals surface area (Å²) in [5.74, 6) is 0.544. The standard InChI is InChI=1S/C10H13N3OS/c1-9-4-2-5-10(8-9)15(14)7-3-6-12-13-11/h2,4-5,8H,3,6-7H2,1H3. The van der Waals surface area contributed by atoms with Crippen LogP contribution >= 0.6 is 0 Å². The minimum Gasteiger partial charge on any atom is -0.254 e. The average molecular weight is 223 g/mol. The van der Waals surface area contributed by atoms with Crippen LogP contribution in [0.5, 0.6) is 0 Å². The Bertz CT molecular complexity index is 399. The second kappa shape index (κ2) is 6.22. The number of hydrogen-bond acceptors (Lipinski definition) is 2. The van der Waals surface area contributed by atoms with Crippen LogP contribution in [0.2, 0.25) is 0 Å². The van der Waals surface area contributed by atoms with E-state index in [1.807, 2.05) is 31.2 Å². The summed E-state index contributed by atoms with van der Waals surface area (Å²) >= 11 is 0. The van der Waals surface area contributed by atoms with Gasteiger partial charge in [-0.25, -0.2) is 0 Å². The molecule has 0 aliphatic heterocycles. The summed E-state index contributed by atoms with van der Waals surface area (Å²) < 4.78 is 11.7. The van der Waals surface area contributed by atoms with Gasteiger partial charge in [-0.15, -0.1) is 0 Å². The lowest BCUT2D eigenvalue weighted by atomic mass is 10.2. The van der Waals surface area contributed by atoms with Gasteiger partial charge in [0, 0.05) is 22.1 Å². The minimum atomic E-state index is -0.980. The van der Waals surface area contributed by atoms with Crippen LogP contribution in [0, 0.1) is 6.92 Å². The van der Waals surface area contributed by atoms with Crippen molar-refractivity contribution in [3.8, 4) is 0 Å². The van der Waals surface area contributed by atoms with E-state index in [1.54, 1.807) is 0 Å². The van der Waals surface area contributed by atoms with E-state index in [-0.39, 0.29) is 0 Å². The molecule has 1 rings (SSSR count). The number of hydrogen-bond donors (Lipinski definition) is 0. The van der Waals surface area contributed by atoms with Crippen LogP contribution in [0.4, 0.5) is 0 Å². The Labute approximate surface area is 91.4 Å². The van der Waals surface area contributed by atoms with Gasteiger partial charge in [-0.1, -0.05) is 17.2 Å². The molecule has 5 heteroatoms. The van der Waals surface area contributed by atoms with Gasteiger partial charge < -0.3 is 0 Å². The average Bonchev–Trinajstić information content (AvgIpc) is 2.24. The first-order chi connectivity index (χ1) is 7.24. The smallest absolute Gasteiger partial charge is 0.0529 e. The monoisotopic (exact) mass is 223 g/mol. The van der Waals surface area contributed by atoms with Gasteiger partial charge in [0.15, 0.2) is 0 Å². The fraction of sp³-hybridized carbons (Fsp3) is 0.400. The van der Waals surface area contributed by atoms with E-state index in [2.05, 4.69) is 10.0 Å². The van der Waals surface area contributed by atoms with E-state index in [0.29, 0.717) is 18.7 Å². The van der Waals surface area contributed by atoms with Crippen molar-refractivity contribution < 1.29 is 4.21 Å². The topological polar surface area (TPSA) is 65.8 Å². The molecule has 0 aliphatic rings. The van der Waals surface area contributed by atoms with Gasteiger partial charge in [-0.3, -0.25) is 4.21 Å². The number of nitrogens with zero attached hydrogens (tertiary/aromatic N) is 3. The molecule has 1 atom stereocenters. The molecule has 15 heavy (non-hydrogen) atoms. The maximum absolute atomic E-state index is 11.7. The molecule has 0 fully saturated rings. The number of azide groups is 1. The summed E-state index contributed by atoms with van der Waals surface area (Å²) in [6.45, 7) is 2.38. The summed E-state index contributed by atoms with van der Waals surface area (Å²) in [5.41, 5.74) is 9.17. The highest BCUT2D eigenvalue weighted by atomic mass is 32.2. The first-order valence-corrected chi connectivity index (χ1v) is 6.02. The van der Waals surface area contributed by atoms with Crippen molar-refractivity contribution in [2.45, 2.75) is 18.2 Å². The molecule has 1 aromatic carbocycles. The molecule has 0 heterocycles. The molecule has 0 bridgehead atoms. The van der Waals surface area contributed by atoms with Gasteiger partial charge in [0.25, 0.3) is 0 Å². The number of benzene rings is 1. The molecule has 4 nitrogen and oxygen atoms in total. The Morgan fingerprint density at radius 2 is 2.33 bits per heavy atom. The van der Waals surface area contributed by atoms with E-state index in [9.17, 15) is 4.21 Å². The lowest BCUT2D eigenvalue weighted by Crippen LogP contribution is -1.99. The quantitative estimate of drug-likeness (QED) is 0.327. The molecular weight excluding hydrogens is 210 g/mol. The van der Waals surface area contributed by atoms with Gasteiger partial charge >= 0.3 is 0 Å². The first kappa shape index (κ1) is 11.8. The Hall–Kier alpha value is -1.32. The van der Waals surface area contributed by atoms with Crippen molar-refractivity contribution in [3.05, 3.63) is 40.3 Å². The molecule has 80 valence electrons. The van der Waals surface area contributed by atoms with E-state index in [1.165, 1.54) is 0 Å². The van der Waals surface area contributed by atoms with Crippen LogP contribution in [-0.4, -0.2) is 16.5 Å². The Morgan fingerprint density at radius 3 is 3.00 bits per heavy atom. The molecule has 0 aliphatic carbocycles. The van der Waals surface area contributed by atoms with Crippen molar-refractivity contribution in [3.63, 3.8) is 0 Å². The fourth-order valence-corrected chi connectivity index (χ4v) is 2.36. The highest BCUT2D eigenvalue weighted by molar-refractivity contribution is 7.85. The third-order valence-electron chi connectivity index (χ3n) is 1.90. The molecule has 0 radical (unpaired) electrons. The zero-order valence-electron chi connectivity index (χ0n) is 8.59. The van der Waals surface area contributed by atoms with Gasteiger partial charge in [-0.2, -0.15) is 0 Å². The number of rotatable bonds is 5. The summed E-state index contributed by atoms with van der Waals surface area (Å²) in [6, 6.07) is 7.65. The molecule has 0 spiro atoms. The molecule has 1 aromatic rings. The van der Waals surface area contributed by atoms with Crippen LogP contribution in [0.15, 0.2) is 34.3 Å². The zero-order valence-corrected chi connectivity index (χ0v) is 9.41. The predicted molar refractivity (Wildman–Crippen MR) is 61.1 cm³/mol. The molecular formula is C10H13N3OS. The Balaban J connectivity index is 2.50. The molecule has 0 aromatic heterocycles. The van der Waals surface area contributed by atoms with Crippen molar-refractivity contribution in [1.29, 1.82) is 0 Å². The van der Waals surface area contributed by atoms with E-state index >= 15 is 0 Å².